The van der Waals surface area contributed by atoms with Crippen LogP contribution >= 0.6 is 22.7 Å². The fraction of sp³-hybridized carbons (Fsp3) is 0.111. The molecule has 0 spiro atoms. The van der Waals surface area contributed by atoms with Crippen LogP contribution in [0.4, 0.5) is 0 Å². The Hall–Kier alpha value is -2.84. The van der Waals surface area contributed by atoms with Crippen molar-refractivity contribution in [2.75, 3.05) is 0 Å². The van der Waals surface area contributed by atoms with E-state index in [0.717, 1.165) is 10.4 Å². The van der Waals surface area contributed by atoms with Crippen molar-refractivity contribution in [3.8, 4) is 21.8 Å². The zero-order chi connectivity index (χ0) is 18.1. The smallest absolute Gasteiger partial charge is 0.305 e. The van der Waals surface area contributed by atoms with Gasteiger partial charge in [-0.2, -0.15) is 0 Å². The van der Waals surface area contributed by atoms with Crippen LogP contribution in [0.3, 0.4) is 0 Å². The summed E-state index contributed by atoms with van der Waals surface area (Å²) in [4.78, 5) is 34.7. The fourth-order valence-electron chi connectivity index (χ4n) is 2.77. The minimum absolute atomic E-state index is 0.0566. The van der Waals surface area contributed by atoms with Crippen molar-refractivity contribution in [3.05, 3.63) is 57.8 Å². The molecule has 0 atom stereocenters. The van der Waals surface area contributed by atoms with Gasteiger partial charge in [-0.1, -0.05) is 6.07 Å². The SMILES string of the molecule is O=C(O)CCn1c(-c2cccnc2)nc2scc(-c3cccs3)c2c1=O. The highest BCUT2D eigenvalue weighted by molar-refractivity contribution is 7.18. The molecule has 0 aliphatic rings. The molecule has 0 aliphatic heterocycles. The molecule has 0 radical (unpaired) electrons. The summed E-state index contributed by atoms with van der Waals surface area (Å²) in [7, 11) is 0. The minimum Gasteiger partial charge on any atom is -0.481 e. The molecule has 130 valence electrons. The van der Waals surface area contributed by atoms with Crippen molar-refractivity contribution < 1.29 is 9.90 Å². The number of carbonyl (C=O) groups is 1. The molecule has 4 aromatic rings. The maximum Gasteiger partial charge on any atom is 0.305 e. The third-order valence-corrected chi connectivity index (χ3v) is 5.72. The summed E-state index contributed by atoms with van der Waals surface area (Å²) < 4.78 is 1.44. The average molecular weight is 383 g/mol. The van der Waals surface area contributed by atoms with Gasteiger partial charge in [-0.15, -0.1) is 22.7 Å². The maximum atomic E-state index is 13.2. The molecular formula is C18H13N3O3S2. The number of rotatable bonds is 5. The zero-order valence-electron chi connectivity index (χ0n) is 13.5. The summed E-state index contributed by atoms with van der Waals surface area (Å²) in [6, 6.07) is 7.47. The second-order valence-electron chi connectivity index (χ2n) is 5.58. The second kappa shape index (κ2) is 6.81. The topological polar surface area (TPSA) is 85.1 Å². The number of fused-ring (bicyclic) bond motifs is 1. The lowest BCUT2D eigenvalue weighted by Gasteiger charge is -2.11. The van der Waals surface area contributed by atoms with Crippen LogP contribution in [-0.2, 0) is 11.3 Å². The fourth-order valence-corrected chi connectivity index (χ4v) is 4.52. The number of aromatic nitrogens is 3. The third-order valence-electron chi connectivity index (χ3n) is 3.95. The number of thiophene rings is 2. The summed E-state index contributed by atoms with van der Waals surface area (Å²) in [5.41, 5.74) is 1.31. The van der Waals surface area contributed by atoms with E-state index in [9.17, 15) is 9.59 Å². The van der Waals surface area contributed by atoms with Gasteiger partial charge in [0.25, 0.3) is 5.56 Å². The highest BCUT2D eigenvalue weighted by atomic mass is 32.1. The van der Waals surface area contributed by atoms with E-state index >= 15 is 0 Å². The number of aliphatic carboxylic acids is 1. The third kappa shape index (κ3) is 2.93. The van der Waals surface area contributed by atoms with Crippen molar-refractivity contribution in [3.63, 3.8) is 0 Å². The average Bonchev–Trinajstić information content (AvgIpc) is 3.30. The highest BCUT2D eigenvalue weighted by Crippen LogP contribution is 2.34. The molecule has 0 amide bonds. The van der Waals surface area contributed by atoms with Crippen LogP contribution in [-0.4, -0.2) is 25.6 Å². The van der Waals surface area contributed by atoms with Crippen LogP contribution in [0.1, 0.15) is 6.42 Å². The van der Waals surface area contributed by atoms with Crippen molar-refractivity contribution >= 4 is 38.9 Å². The molecule has 8 heteroatoms. The first-order chi connectivity index (χ1) is 12.6. The van der Waals surface area contributed by atoms with E-state index < -0.39 is 5.97 Å². The van der Waals surface area contributed by atoms with Gasteiger partial charge in [0.15, 0.2) is 0 Å². The molecule has 1 N–H and O–H groups in total. The lowest BCUT2D eigenvalue weighted by atomic mass is 10.2. The van der Waals surface area contributed by atoms with Crippen LogP contribution in [0.2, 0.25) is 0 Å². The Bertz CT molecular complexity index is 1130. The first-order valence-electron chi connectivity index (χ1n) is 7.83. The van der Waals surface area contributed by atoms with E-state index in [0.29, 0.717) is 21.6 Å². The Morgan fingerprint density at radius 2 is 2.12 bits per heavy atom. The molecule has 0 saturated heterocycles. The summed E-state index contributed by atoms with van der Waals surface area (Å²) in [6.45, 7) is 0.0566. The predicted octanol–water partition coefficient (Wildman–Crippen LogP) is 3.72. The molecule has 4 rings (SSSR count). The summed E-state index contributed by atoms with van der Waals surface area (Å²) in [5, 5.41) is 13.5. The second-order valence-corrected chi connectivity index (χ2v) is 7.39. The van der Waals surface area contributed by atoms with Crippen LogP contribution < -0.4 is 5.56 Å². The molecule has 26 heavy (non-hydrogen) atoms. The number of hydrogen-bond acceptors (Lipinski definition) is 6. The van der Waals surface area contributed by atoms with E-state index in [1.165, 1.54) is 15.9 Å². The Kier molecular flexibility index (Phi) is 4.36. The lowest BCUT2D eigenvalue weighted by molar-refractivity contribution is -0.137. The highest BCUT2D eigenvalue weighted by Gasteiger charge is 2.19. The molecule has 0 fully saturated rings. The number of nitrogens with zero attached hydrogens (tertiary/aromatic N) is 3. The first kappa shape index (κ1) is 16.6. The van der Waals surface area contributed by atoms with E-state index in [-0.39, 0.29) is 18.5 Å². The van der Waals surface area contributed by atoms with E-state index in [4.69, 9.17) is 5.11 Å². The summed E-state index contributed by atoms with van der Waals surface area (Å²) in [6.07, 6.45) is 3.11. The quantitative estimate of drug-likeness (QED) is 0.568. The molecule has 0 aromatic carbocycles. The molecule has 0 aliphatic carbocycles. The monoisotopic (exact) mass is 383 g/mol. The Morgan fingerprint density at radius 3 is 2.81 bits per heavy atom. The molecule has 0 bridgehead atoms. The van der Waals surface area contributed by atoms with Crippen LogP contribution in [0.5, 0.6) is 0 Å². The number of carboxylic acid groups (broad SMARTS) is 1. The Labute approximate surface area is 156 Å². The molecule has 4 aromatic heterocycles. The van der Waals surface area contributed by atoms with Gasteiger partial charge in [-0.3, -0.25) is 19.1 Å². The predicted molar refractivity (Wildman–Crippen MR) is 103 cm³/mol. The number of carboxylic acids is 1. The van der Waals surface area contributed by atoms with Crippen LogP contribution in [0, 0.1) is 0 Å². The first-order valence-corrected chi connectivity index (χ1v) is 9.59. The molecular weight excluding hydrogens is 370 g/mol. The van der Waals surface area contributed by atoms with Gasteiger partial charge in [-0.25, -0.2) is 4.98 Å². The number of pyridine rings is 1. The molecule has 6 nitrogen and oxygen atoms in total. The maximum absolute atomic E-state index is 13.2. The molecule has 0 saturated carbocycles. The number of hydrogen-bond donors (Lipinski definition) is 1. The van der Waals surface area contributed by atoms with Crippen molar-refractivity contribution in [1.82, 2.24) is 14.5 Å². The summed E-state index contributed by atoms with van der Waals surface area (Å²) >= 11 is 2.97. The Morgan fingerprint density at radius 1 is 1.23 bits per heavy atom. The van der Waals surface area contributed by atoms with E-state index in [2.05, 4.69) is 9.97 Å². The van der Waals surface area contributed by atoms with Gasteiger partial charge in [0.1, 0.15) is 10.7 Å². The van der Waals surface area contributed by atoms with E-state index in [1.807, 2.05) is 29.0 Å². The van der Waals surface area contributed by atoms with E-state index in [1.54, 1.807) is 29.8 Å². The lowest BCUT2D eigenvalue weighted by Crippen LogP contribution is -2.24. The van der Waals surface area contributed by atoms with Gasteiger partial charge >= 0.3 is 5.97 Å². The van der Waals surface area contributed by atoms with Gasteiger partial charge in [0, 0.05) is 40.3 Å². The van der Waals surface area contributed by atoms with Gasteiger partial charge < -0.3 is 5.11 Å². The van der Waals surface area contributed by atoms with Gasteiger partial charge in [0.05, 0.1) is 11.8 Å². The largest absolute Gasteiger partial charge is 0.481 e. The Balaban J connectivity index is 1.98. The molecule has 4 heterocycles. The van der Waals surface area contributed by atoms with Crippen molar-refractivity contribution in [1.29, 1.82) is 0 Å². The molecule has 0 unspecified atom stereocenters. The van der Waals surface area contributed by atoms with Gasteiger partial charge in [0.2, 0.25) is 0 Å². The van der Waals surface area contributed by atoms with Gasteiger partial charge in [-0.05, 0) is 23.6 Å². The van der Waals surface area contributed by atoms with Crippen LogP contribution in [0.25, 0.3) is 32.0 Å². The standard InChI is InChI=1S/C18H13N3O3S2/c22-14(23)5-7-21-16(11-3-1-6-19-9-11)20-17-15(18(21)24)12(10-26-17)13-4-2-8-25-13/h1-4,6,8-10H,5,7H2,(H,22,23). The van der Waals surface area contributed by atoms with Crippen molar-refractivity contribution in [2.45, 2.75) is 13.0 Å². The van der Waals surface area contributed by atoms with Crippen molar-refractivity contribution in [2.24, 2.45) is 0 Å². The minimum atomic E-state index is -0.960. The van der Waals surface area contributed by atoms with Crippen LogP contribution in [0.15, 0.2) is 52.2 Å². The zero-order valence-corrected chi connectivity index (χ0v) is 15.1. The normalized spacial score (nSPS) is 11.1. The summed E-state index contributed by atoms with van der Waals surface area (Å²) in [5.74, 6) is -0.519.